The molecule has 0 aliphatic carbocycles. The number of fused-ring (bicyclic) bond motifs is 1. The van der Waals surface area contributed by atoms with Gasteiger partial charge < -0.3 is 25.4 Å². The number of halogens is 1. The molecule has 0 radical (unpaired) electrons. The van der Waals surface area contributed by atoms with Crippen molar-refractivity contribution in [1.82, 2.24) is 30.4 Å². The summed E-state index contributed by atoms with van der Waals surface area (Å²) in [5, 5.41) is 21.0. The van der Waals surface area contributed by atoms with Gasteiger partial charge in [0.2, 0.25) is 5.91 Å². The Labute approximate surface area is 279 Å². The van der Waals surface area contributed by atoms with Crippen molar-refractivity contribution in [3.63, 3.8) is 0 Å². The molecule has 0 spiro atoms. The molecule has 12 nitrogen and oxygen atoms in total. The van der Waals surface area contributed by atoms with Gasteiger partial charge in [-0.1, -0.05) is 64.4 Å². The molecule has 47 heavy (non-hydrogen) atoms. The topological polar surface area (TPSA) is 152 Å². The molecule has 0 saturated heterocycles. The van der Waals surface area contributed by atoms with Crippen LogP contribution in [0.5, 0.6) is 11.5 Å². The van der Waals surface area contributed by atoms with Crippen molar-refractivity contribution in [2.45, 2.75) is 78.7 Å². The van der Waals surface area contributed by atoms with Crippen LogP contribution in [0.1, 0.15) is 82.8 Å². The maximum Gasteiger partial charge on any atom is 0.258 e. The summed E-state index contributed by atoms with van der Waals surface area (Å²) >= 11 is 6.63. The van der Waals surface area contributed by atoms with Crippen molar-refractivity contribution in [3.8, 4) is 11.5 Å². The van der Waals surface area contributed by atoms with Crippen LogP contribution < -0.4 is 25.4 Å². The fourth-order valence-electron chi connectivity index (χ4n) is 4.88. The summed E-state index contributed by atoms with van der Waals surface area (Å²) in [4.78, 5) is 38.6. The lowest BCUT2D eigenvalue weighted by Gasteiger charge is -2.40. The number of hydrogen-bond acceptors (Lipinski definition) is 7. The Morgan fingerprint density at radius 1 is 0.936 bits per heavy atom. The Balaban J connectivity index is 1.37. The van der Waals surface area contributed by atoms with Crippen LogP contribution in [-0.2, 0) is 20.4 Å². The van der Waals surface area contributed by atoms with Crippen LogP contribution in [0.15, 0.2) is 42.5 Å². The van der Waals surface area contributed by atoms with Crippen LogP contribution in [0, 0.1) is 6.92 Å². The van der Waals surface area contributed by atoms with Gasteiger partial charge in [0.05, 0.1) is 24.5 Å². The Morgan fingerprint density at radius 3 is 2.32 bits per heavy atom. The minimum Gasteiger partial charge on any atom is -0.494 e. The van der Waals surface area contributed by atoms with Crippen molar-refractivity contribution in [1.29, 1.82) is 0 Å². The van der Waals surface area contributed by atoms with E-state index in [1.54, 1.807) is 47.0 Å². The smallest absolute Gasteiger partial charge is 0.258 e. The van der Waals surface area contributed by atoms with Gasteiger partial charge in [-0.05, 0) is 57.5 Å². The van der Waals surface area contributed by atoms with E-state index in [1.165, 1.54) is 0 Å². The number of nitrogens with one attached hydrogen (secondary N) is 4. The largest absolute Gasteiger partial charge is 0.494 e. The zero-order chi connectivity index (χ0) is 34.7. The number of aromatic nitrogens is 4. The predicted molar refractivity (Wildman–Crippen MR) is 182 cm³/mol. The van der Waals surface area contributed by atoms with Crippen LogP contribution in [0.25, 0.3) is 5.65 Å². The number of carbonyl (C=O) groups excluding carboxylic acids is 3. The van der Waals surface area contributed by atoms with E-state index < -0.39 is 22.8 Å². The van der Waals surface area contributed by atoms with E-state index in [2.05, 4.69) is 52.0 Å². The van der Waals surface area contributed by atoms with Crippen molar-refractivity contribution >= 4 is 40.7 Å². The van der Waals surface area contributed by atoms with Gasteiger partial charge in [0, 0.05) is 21.9 Å². The van der Waals surface area contributed by atoms with E-state index in [9.17, 15) is 14.4 Å². The first kappa shape index (κ1) is 35.3. The molecule has 2 heterocycles. The average molecular weight is 666 g/mol. The van der Waals surface area contributed by atoms with Crippen LogP contribution in [-0.4, -0.2) is 62.8 Å². The molecule has 0 aliphatic rings. The average Bonchev–Trinajstić information content (AvgIpc) is 3.57. The van der Waals surface area contributed by atoms with Gasteiger partial charge in [-0.3, -0.25) is 19.5 Å². The van der Waals surface area contributed by atoms with Gasteiger partial charge in [0.15, 0.2) is 18.1 Å². The first-order chi connectivity index (χ1) is 22.0. The van der Waals surface area contributed by atoms with E-state index in [0.717, 1.165) is 11.3 Å². The van der Waals surface area contributed by atoms with Crippen molar-refractivity contribution < 1.29 is 23.9 Å². The zero-order valence-corrected chi connectivity index (χ0v) is 29.2. The Bertz CT molecular complexity index is 1780. The molecule has 0 unspecified atom stereocenters. The van der Waals surface area contributed by atoms with Gasteiger partial charge in [-0.25, -0.2) is 4.52 Å². The molecule has 0 atom stereocenters. The van der Waals surface area contributed by atoms with E-state index in [4.69, 9.17) is 21.1 Å². The normalized spacial score (nSPS) is 12.1. The predicted octanol–water partition coefficient (Wildman–Crippen LogP) is 5.34. The van der Waals surface area contributed by atoms with Gasteiger partial charge in [0.25, 0.3) is 11.8 Å². The summed E-state index contributed by atoms with van der Waals surface area (Å²) in [6.07, 6.45) is 0. The monoisotopic (exact) mass is 665 g/mol. The third-order valence-electron chi connectivity index (χ3n) is 8.31. The third-order valence-corrected chi connectivity index (χ3v) is 8.66. The number of hydrogen-bond donors (Lipinski definition) is 4. The molecular weight excluding hydrogens is 622 g/mol. The molecule has 252 valence electrons. The highest BCUT2D eigenvalue weighted by molar-refractivity contribution is 6.34. The number of aromatic amines is 1. The van der Waals surface area contributed by atoms with Crippen molar-refractivity contribution in [2.24, 2.45) is 0 Å². The lowest BCUT2D eigenvalue weighted by molar-refractivity contribution is -0.125. The Hall–Kier alpha value is -4.58. The molecule has 2 aromatic heterocycles. The second kappa shape index (κ2) is 13.6. The quantitative estimate of drug-likeness (QED) is 0.160. The van der Waals surface area contributed by atoms with Crippen LogP contribution >= 0.6 is 11.6 Å². The maximum atomic E-state index is 13.2. The van der Waals surface area contributed by atoms with E-state index in [-0.39, 0.29) is 24.5 Å². The summed E-state index contributed by atoms with van der Waals surface area (Å²) in [5.41, 5.74) is 1.27. The van der Waals surface area contributed by atoms with Crippen LogP contribution in [0.4, 0.5) is 5.69 Å². The number of rotatable bonds is 12. The SMILES string of the molecule is CCOc1cc(C(=O)NCC(=O)Nc2ccccc2OCC(=O)NC(C)(C)C(C)(C)c2nnc3c(Cl)c(C(C)(C)C)[nH]n23)ccc1C. The summed E-state index contributed by atoms with van der Waals surface area (Å²) in [6.45, 7) is 17.6. The molecule has 4 rings (SSSR count). The highest BCUT2D eigenvalue weighted by atomic mass is 35.5. The summed E-state index contributed by atoms with van der Waals surface area (Å²) in [5.74, 6) is 0.276. The minimum absolute atomic E-state index is 0.236. The highest BCUT2D eigenvalue weighted by Crippen LogP contribution is 2.37. The third kappa shape index (κ3) is 7.70. The lowest BCUT2D eigenvalue weighted by Crippen LogP contribution is -2.57. The number of benzene rings is 2. The Morgan fingerprint density at radius 2 is 1.64 bits per heavy atom. The summed E-state index contributed by atoms with van der Waals surface area (Å²) in [7, 11) is 0. The Kier molecular flexibility index (Phi) is 10.2. The second-order valence-electron chi connectivity index (χ2n) is 13.5. The first-order valence-electron chi connectivity index (χ1n) is 15.4. The minimum atomic E-state index is -0.803. The summed E-state index contributed by atoms with van der Waals surface area (Å²) in [6, 6.07) is 11.9. The van der Waals surface area contributed by atoms with Gasteiger partial charge in [-0.15, -0.1) is 10.2 Å². The molecule has 0 saturated carbocycles. The number of amides is 3. The number of anilines is 1. The fourth-order valence-corrected chi connectivity index (χ4v) is 5.32. The van der Waals surface area contributed by atoms with Gasteiger partial charge in [-0.2, -0.15) is 0 Å². The molecule has 13 heteroatoms. The number of carbonyl (C=O) groups is 3. The van der Waals surface area contributed by atoms with Crippen LogP contribution in [0.3, 0.4) is 0 Å². The maximum absolute atomic E-state index is 13.2. The fraction of sp³-hybridized carbons (Fsp3) is 0.441. The molecule has 0 aliphatic heterocycles. The molecule has 0 fully saturated rings. The van der Waals surface area contributed by atoms with Crippen molar-refractivity contribution in [3.05, 3.63) is 70.1 Å². The number of nitrogens with zero attached hydrogens (tertiary/aromatic N) is 3. The molecule has 0 bridgehead atoms. The highest BCUT2D eigenvalue weighted by Gasteiger charge is 2.44. The van der Waals surface area contributed by atoms with E-state index in [1.807, 2.05) is 41.5 Å². The van der Waals surface area contributed by atoms with Crippen molar-refractivity contribution in [2.75, 3.05) is 25.1 Å². The lowest BCUT2D eigenvalue weighted by atomic mass is 9.73. The molecule has 4 aromatic rings. The number of ether oxygens (including phenoxy) is 2. The molecule has 3 amide bonds. The van der Waals surface area contributed by atoms with Crippen LogP contribution in [0.2, 0.25) is 5.02 Å². The first-order valence-corrected chi connectivity index (χ1v) is 15.8. The molecule has 4 N–H and O–H groups in total. The summed E-state index contributed by atoms with van der Waals surface area (Å²) < 4.78 is 13.2. The standard InChI is InChI=1S/C34H44ClN7O5/c1-10-46-24-17-21(16-15-20(24)2)30(45)36-18-25(43)37-22-13-11-12-14-23(22)47-19-26(44)38-34(8,9)33(6,7)31-40-39-29-27(35)28(32(3,4)5)41-42(29)31/h11-17,41H,10,18-19H2,1-9H3,(H,36,45)(H,37,43)(H,38,44). The van der Waals surface area contributed by atoms with E-state index in [0.29, 0.717) is 45.9 Å². The number of H-pyrrole nitrogens is 1. The number of aryl methyl sites for hydroxylation is 1. The second-order valence-corrected chi connectivity index (χ2v) is 13.8. The molecular formula is C34H44ClN7O5. The molecule has 2 aromatic carbocycles. The van der Waals surface area contributed by atoms with Gasteiger partial charge >= 0.3 is 0 Å². The van der Waals surface area contributed by atoms with E-state index >= 15 is 0 Å². The number of para-hydroxylation sites is 2. The van der Waals surface area contributed by atoms with Gasteiger partial charge in [0.1, 0.15) is 16.5 Å². The zero-order valence-electron chi connectivity index (χ0n) is 28.4.